The first-order valence-corrected chi connectivity index (χ1v) is 4.85. The van der Waals surface area contributed by atoms with Crippen LogP contribution in [0.2, 0.25) is 5.02 Å². The summed E-state index contributed by atoms with van der Waals surface area (Å²) in [7, 11) is 0. The van der Waals surface area contributed by atoms with Crippen LogP contribution in [0.3, 0.4) is 0 Å². The topological polar surface area (TPSA) is 62.0 Å². The molecule has 1 aromatic rings. The fourth-order valence-corrected chi connectivity index (χ4v) is 1.02. The molecule has 1 rings (SSSR count). The number of hydrogen-bond acceptors (Lipinski definition) is 4. The maximum Gasteiger partial charge on any atom is 0.456 e. The number of carbonyl (C=O) groups excluding carboxylic acids is 1. The third-order valence-electron chi connectivity index (χ3n) is 1.71. The van der Waals surface area contributed by atoms with E-state index in [1.165, 1.54) is 24.3 Å². The number of aliphatic hydroxyl groups excluding tert-OH is 1. The van der Waals surface area contributed by atoms with Crippen LogP contribution in [-0.4, -0.2) is 17.1 Å². The van der Waals surface area contributed by atoms with Crippen molar-refractivity contribution in [1.29, 1.82) is 0 Å². The second kappa shape index (κ2) is 5.63. The SMILES string of the molecule is O=C(C(=CO)N=Nc1ccc(Cl)cc1)C(F)(F)F. The van der Waals surface area contributed by atoms with Crippen LogP contribution in [0.15, 0.2) is 46.5 Å². The van der Waals surface area contributed by atoms with Crippen molar-refractivity contribution in [3.05, 3.63) is 41.2 Å². The zero-order valence-electron chi connectivity index (χ0n) is 8.65. The number of aliphatic hydroxyl groups is 1. The van der Waals surface area contributed by atoms with E-state index in [2.05, 4.69) is 10.2 Å². The molecule has 0 bridgehead atoms. The molecule has 0 radical (unpaired) electrons. The van der Waals surface area contributed by atoms with Gasteiger partial charge in [0.2, 0.25) is 0 Å². The summed E-state index contributed by atoms with van der Waals surface area (Å²) in [4.78, 5) is 10.7. The largest absolute Gasteiger partial charge is 0.513 e. The van der Waals surface area contributed by atoms with Gasteiger partial charge in [-0.15, -0.1) is 5.11 Å². The monoisotopic (exact) mass is 278 g/mol. The second-order valence-electron chi connectivity index (χ2n) is 3.02. The quantitative estimate of drug-likeness (QED) is 0.517. The molecule has 0 aliphatic carbocycles. The second-order valence-corrected chi connectivity index (χ2v) is 3.45. The number of hydrogen-bond donors (Lipinski definition) is 1. The average Bonchev–Trinajstić information content (AvgIpc) is 2.31. The Bertz CT molecular complexity index is 495. The van der Waals surface area contributed by atoms with Crippen molar-refractivity contribution in [2.24, 2.45) is 10.2 Å². The molecule has 1 aromatic carbocycles. The Hall–Kier alpha value is -1.89. The van der Waals surface area contributed by atoms with E-state index >= 15 is 0 Å². The van der Waals surface area contributed by atoms with E-state index in [0.717, 1.165) is 0 Å². The molecule has 0 aliphatic rings. The maximum atomic E-state index is 12.0. The number of allylic oxidation sites excluding steroid dienone is 1. The van der Waals surface area contributed by atoms with E-state index in [0.29, 0.717) is 5.02 Å². The smallest absolute Gasteiger partial charge is 0.456 e. The van der Waals surface area contributed by atoms with Gasteiger partial charge in [-0.2, -0.15) is 18.3 Å². The number of alkyl halides is 3. The third-order valence-corrected chi connectivity index (χ3v) is 1.96. The van der Waals surface area contributed by atoms with Gasteiger partial charge in [-0.1, -0.05) is 11.6 Å². The third kappa shape index (κ3) is 3.85. The molecule has 0 aromatic heterocycles. The first-order chi connectivity index (χ1) is 8.34. The van der Waals surface area contributed by atoms with Crippen molar-refractivity contribution in [3.8, 4) is 0 Å². The predicted octanol–water partition coefficient (Wildman–Crippen LogP) is 3.95. The summed E-state index contributed by atoms with van der Waals surface area (Å²) in [5, 5.41) is 15.3. The van der Waals surface area contributed by atoms with E-state index in [1.807, 2.05) is 0 Å². The first-order valence-electron chi connectivity index (χ1n) is 4.48. The normalized spacial score (nSPS) is 13.0. The van der Waals surface area contributed by atoms with Gasteiger partial charge in [0, 0.05) is 5.02 Å². The van der Waals surface area contributed by atoms with Crippen LogP contribution in [-0.2, 0) is 4.79 Å². The lowest BCUT2D eigenvalue weighted by atomic mass is 10.3. The Balaban J connectivity index is 2.88. The van der Waals surface area contributed by atoms with E-state index in [1.54, 1.807) is 0 Å². The van der Waals surface area contributed by atoms with Gasteiger partial charge in [0.25, 0.3) is 5.78 Å². The number of ketones is 1. The number of nitrogens with zero attached hydrogens (tertiary/aromatic N) is 2. The lowest BCUT2D eigenvalue weighted by molar-refractivity contribution is -0.166. The lowest BCUT2D eigenvalue weighted by Gasteiger charge is -2.02. The van der Waals surface area contributed by atoms with Gasteiger partial charge < -0.3 is 5.11 Å². The molecular formula is C10H6ClF3N2O2. The summed E-state index contributed by atoms with van der Waals surface area (Å²) in [6.45, 7) is 0. The number of azo groups is 1. The molecule has 4 nitrogen and oxygen atoms in total. The average molecular weight is 279 g/mol. The molecular weight excluding hydrogens is 273 g/mol. The van der Waals surface area contributed by atoms with Crippen LogP contribution in [0.5, 0.6) is 0 Å². The Morgan fingerprint density at radius 3 is 2.28 bits per heavy atom. The minimum absolute atomic E-state index is 0.0464. The summed E-state index contributed by atoms with van der Waals surface area (Å²) in [5.41, 5.74) is -1.01. The molecule has 18 heavy (non-hydrogen) atoms. The summed E-state index contributed by atoms with van der Waals surface area (Å²) in [6, 6.07) is 5.67. The van der Waals surface area contributed by atoms with E-state index < -0.39 is 17.7 Å². The van der Waals surface area contributed by atoms with Crippen LogP contribution < -0.4 is 0 Å². The van der Waals surface area contributed by atoms with Crippen LogP contribution in [0.25, 0.3) is 0 Å². The van der Waals surface area contributed by atoms with Crippen LogP contribution >= 0.6 is 11.6 Å². The fourth-order valence-electron chi connectivity index (χ4n) is 0.894. The molecule has 0 saturated carbocycles. The highest BCUT2D eigenvalue weighted by atomic mass is 35.5. The minimum Gasteiger partial charge on any atom is -0.513 e. The van der Waals surface area contributed by atoms with E-state index in [4.69, 9.17) is 16.7 Å². The standard InChI is InChI=1S/C10H6ClF3N2O2/c11-6-1-3-7(4-2-6)15-16-8(5-17)9(18)10(12,13)14/h1-5,17H. The van der Waals surface area contributed by atoms with Gasteiger partial charge in [-0.3, -0.25) is 4.79 Å². The summed E-state index contributed by atoms with van der Waals surface area (Å²) in [6.07, 6.45) is -5.16. The summed E-state index contributed by atoms with van der Waals surface area (Å²) < 4.78 is 36.1. The van der Waals surface area contributed by atoms with Crippen molar-refractivity contribution < 1.29 is 23.1 Å². The summed E-state index contributed by atoms with van der Waals surface area (Å²) in [5.74, 6) is -2.28. The molecule has 8 heteroatoms. The molecule has 96 valence electrons. The minimum atomic E-state index is -5.12. The number of halogens is 4. The molecule has 0 fully saturated rings. The molecule has 0 amide bonds. The summed E-state index contributed by atoms with van der Waals surface area (Å²) >= 11 is 5.59. The molecule has 0 unspecified atom stereocenters. The van der Waals surface area contributed by atoms with Gasteiger partial charge in [0.15, 0.2) is 5.70 Å². The number of benzene rings is 1. The van der Waals surface area contributed by atoms with E-state index in [-0.39, 0.29) is 11.9 Å². The molecule has 0 saturated heterocycles. The molecule has 0 atom stereocenters. The molecule has 0 heterocycles. The Morgan fingerprint density at radius 1 is 1.28 bits per heavy atom. The van der Waals surface area contributed by atoms with Crippen LogP contribution in [0.4, 0.5) is 18.9 Å². The maximum absolute atomic E-state index is 12.0. The molecule has 0 spiro atoms. The zero-order chi connectivity index (χ0) is 13.8. The molecule has 0 aliphatic heterocycles. The van der Waals surface area contributed by atoms with Crippen molar-refractivity contribution in [1.82, 2.24) is 0 Å². The van der Waals surface area contributed by atoms with Gasteiger partial charge in [-0.05, 0) is 24.3 Å². The zero-order valence-corrected chi connectivity index (χ0v) is 9.40. The Labute approximate surface area is 104 Å². The van der Waals surface area contributed by atoms with Gasteiger partial charge in [0.05, 0.1) is 5.69 Å². The van der Waals surface area contributed by atoms with Crippen molar-refractivity contribution in [2.45, 2.75) is 6.18 Å². The van der Waals surface area contributed by atoms with Gasteiger partial charge >= 0.3 is 6.18 Å². The molecule has 1 N–H and O–H groups in total. The number of carbonyl (C=O) groups is 1. The Kier molecular flexibility index (Phi) is 4.43. The highest BCUT2D eigenvalue weighted by Crippen LogP contribution is 2.23. The van der Waals surface area contributed by atoms with Crippen molar-refractivity contribution >= 4 is 23.1 Å². The van der Waals surface area contributed by atoms with Crippen molar-refractivity contribution in [2.75, 3.05) is 0 Å². The van der Waals surface area contributed by atoms with Crippen molar-refractivity contribution in [3.63, 3.8) is 0 Å². The predicted molar refractivity (Wildman–Crippen MR) is 57.7 cm³/mol. The Morgan fingerprint density at radius 2 is 1.83 bits per heavy atom. The van der Waals surface area contributed by atoms with E-state index in [9.17, 15) is 18.0 Å². The number of Topliss-reactive ketones (excluding diaryl/α,β-unsaturated/α-hetero) is 1. The fraction of sp³-hybridized carbons (Fsp3) is 0.100. The number of rotatable bonds is 3. The highest BCUT2D eigenvalue weighted by molar-refractivity contribution is 6.30. The van der Waals surface area contributed by atoms with Crippen LogP contribution in [0, 0.1) is 0 Å². The van der Waals surface area contributed by atoms with Gasteiger partial charge in [0.1, 0.15) is 6.26 Å². The lowest BCUT2D eigenvalue weighted by Crippen LogP contribution is -2.23. The van der Waals surface area contributed by atoms with Crippen LogP contribution in [0.1, 0.15) is 0 Å². The first kappa shape index (κ1) is 14.2. The highest BCUT2D eigenvalue weighted by Gasteiger charge is 2.41. The van der Waals surface area contributed by atoms with Gasteiger partial charge in [-0.25, -0.2) is 0 Å².